The fraction of sp³-hybridized carbons (Fsp3) is 0.323. The number of methoxy groups -OCH3 is 1. The number of rotatable bonds is 14. The predicted octanol–water partition coefficient (Wildman–Crippen LogP) is 4.62. The van der Waals surface area contributed by atoms with Gasteiger partial charge in [0.2, 0.25) is 23.3 Å². The Labute approximate surface area is 250 Å². The second kappa shape index (κ2) is 15.3. The Bertz CT molecular complexity index is 1430. The average molecular weight is 619 g/mol. The molecule has 2 N–H and O–H groups in total. The first-order chi connectivity index (χ1) is 21.2. The van der Waals surface area contributed by atoms with Crippen molar-refractivity contribution < 1.29 is 50.9 Å². The number of hydrogen-bond acceptors (Lipinski definition) is 7. The number of nitrogens with one attached hydrogen (secondary N) is 2. The molecule has 9 nitrogen and oxygen atoms in total. The van der Waals surface area contributed by atoms with Crippen LogP contribution in [0.15, 0.2) is 54.6 Å². The standard InChI is InChI=1S/C31H30F4N2O7/c1-41-14-15-42-13-12-36-26(38)11-10-25(30(39)44-29-27(34)23(32)16-24(33)28(29)35)37-31(40)43-17-22-20-8-4-2-6-18(20)19-7-3-5-9-21(19)22/h2-9,16,22,25H,10-15,17H2,1H3,(H,36,38)(H,37,40)/t25-/m0/s1. The van der Waals surface area contributed by atoms with Crippen LogP contribution in [0.2, 0.25) is 0 Å². The van der Waals surface area contributed by atoms with Gasteiger partial charge in [-0.2, -0.15) is 8.78 Å². The summed E-state index contributed by atoms with van der Waals surface area (Å²) in [5.41, 5.74) is 3.83. The molecule has 1 atom stereocenters. The van der Waals surface area contributed by atoms with E-state index < -0.39 is 59.5 Å². The van der Waals surface area contributed by atoms with Gasteiger partial charge in [-0.15, -0.1) is 0 Å². The quantitative estimate of drug-likeness (QED) is 0.0892. The van der Waals surface area contributed by atoms with E-state index in [0.29, 0.717) is 13.2 Å². The number of amides is 2. The molecule has 0 spiro atoms. The maximum absolute atomic E-state index is 14.2. The van der Waals surface area contributed by atoms with Crippen molar-refractivity contribution >= 4 is 18.0 Å². The van der Waals surface area contributed by atoms with Crippen LogP contribution in [0.25, 0.3) is 11.1 Å². The Hall–Kier alpha value is -4.49. The molecule has 0 heterocycles. The fourth-order valence-electron chi connectivity index (χ4n) is 4.71. The predicted molar refractivity (Wildman–Crippen MR) is 149 cm³/mol. The summed E-state index contributed by atoms with van der Waals surface area (Å²) in [6.45, 7) is 0.885. The zero-order valence-electron chi connectivity index (χ0n) is 23.7. The largest absolute Gasteiger partial charge is 0.449 e. The third-order valence-electron chi connectivity index (χ3n) is 6.85. The number of carbonyl (C=O) groups is 3. The van der Waals surface area contributed by atoms with Crippen LogP contribution in [-0.2, 0) is 23.8 Å². The van der Waals surface area contributed by atoms with Gasteiger partial charge in [0, 0.05) is 32.1 Å². The molecule has 0 fully saturated rings. The second-order valence-corrected chi connectivity index (χ2v) is 9.73. The van der Waals surface area contributed by atoms with Crippen molar-refractivity contribution in [2.24, 2.45) is 0 Å². The zero-order valence-corrected chi connectivity index (χ0v) is 23.7. The molecule has 13 heteroatoms. The fourth-order valence-corrected chi connectivity index (χ4v) is 4.71. The molecule has 0 aliphatic heterocycles. The van der Waals surface area contributed by atoms with Crippen molar-refractivity contribution in [1.82, 2.24) is 10.6 Å². The molecular formula is C31H30F4N2O7. The second-order valence-electron chi connectivity index (χ2n) is 9.73. The molecule has 0 saturated carbocycles. The van der Waals surface area contributed by atoms with Crippen molar-refractivity contribution in [2.75, 3.05) is 40.1 Å². The summed E-state index contributed by atoms with van der Waals surface area (Å²) >= 11 is 0. The van der Waals surface area contributed by atoms with Crippen LogP contribution < -0.4 is 15.4 Å². The molecule has 0 bridgehead atoms. The summed E-state index contributed by atoms with van der Waals surface area (Å²) in [5.74, 6) is -11.4. The molecule has 1 aliphatic rings. The van der Waals surface area contributed by atoms with Crippen LogP contribution in [0.3, 0.4) is 0 Å². The monoisotopic (exact) mass is 618 g/mol. The van der Waals surface area contributed by atoms with E-state index in [1.54, 1.807) is 0 Å². The topological polar surface area (TPSA) is 112 Å². The molecule has 0 saturated heterocycles. The van der Waals surface area contributed by atoms with E-state index in [4.69, 9.17) is 14.2 Å². The Balaban J connectivity index is 1.42. The lowest BCUT2D eigenvalue weighted by Crippen LogP contribution is -2.44. The molecule has 3 aromatic rings. The number of halogens is 4. The van der Waals surface area contributed by atoms with Crippen molar-refractivity contribution in [3.05, 3.63) is 89.0 Å². The Morgan fingerprint density at radius 1 is 0.864 bits per heavy atom. The zero-order chi connectivity index (χ0) is 31.6. The van der Waals surface area contributed by atoms with Crippen LogP contribution in [0, 0.1) is 23.3 Å². The molecule has 2 amide bonds. The third kappa shape index (κ3) is 7.91. The van der Waals surface area contributed by atoms with E-state index in [-0.39, 0.29) is 38.2 Å². The lowest BCUT2D eigenvalue weighted by atomic mass is 9.98. The van der Waals surface area contributed by atoms with Crippen LogP contribution in [0.5, 0.6) is 5.75 Å². The van der Waals surface area contributed by atoms with E-state index in [1.807, 2.05) is 48.5 Å². The van der Waals surface area contributed by atoms with Crippen LogP contribution >= 0.6 is 0 Å². The summed E-state index contributed by atoms with van der Waals surface area (Å²) in [7, 11) is 1.51. The van der Waals surface area contributed by atoms with Crippen LogP contribution in [-0.4, -0.2) is 64.1 Å². The number of hydrogen-bond donors (Lipinski definition) is 2. The van der Waals surface area contributed by atoms with Gasteiger partial charge < -0.3 is 29.6 Å². The number of fused-ring (bicyclic) bond motifs is 3. The molecule has 234 valence electrons. The van der Waals surface area contributed by atoms with Gasteiger partial charge in [-0.05, 0) is 28.7 Å². The van der Waals surface area contributed by atoms with Crippen LogP contribution in [0.4, 0.5) is 22.4 Å². The van der Waals surface area contributed by atoms with Gasteiger partial charge in [0.15, 0.2) is 11.6 Å². The highest BCUT2D eigenvalue weighted by Crippen LogP contribution is 2.44. The van der Waals surface area contributed by atoms with Gasteiger partial charge >= 0.3 is 12.1 Å². The summed E-state index contributed by atoms with van der Waals surface area (Å²) in [6, 6.07) is 13.5. The van der Waals surface area contributed by atoms with Gasteiger partial charge in [-0.25, -0.2) is 18.4 Å². The third-order valence-corrected chi connectivity index (χ3v) is 6.85. The molecular weight excluding hydrogens is 588 g/mol. The number of esters is 1. The van der Waals surface area contributed by atoms with E-state index in [2.05, 4.69) is 15.4 Å². The van der Waals surface area contributed by atoms with E-state index in [1.165, 1.54) is 7.11 Å². The molecule has 44 heavy (non-hydrogen) atoms. The Morgan fingerprint density at radius 2 is 1.48 bits per heavy atom. The number of alkyl carbamates (subject to hydrolysis) is 1. The van der Waals surface area contributed by atoms with Gasteiger partial charge in [0.25, 0.3) is 0 Å². The maximum Gasteiger partial charge on any atom is 0.407 e. The Kier molecular flexibility index (Phi) is 11.3. The van der Waals surface area contributed by atoms with E-state index in [0.717, 1.165) is 22.3 Å². The number of ether oxygens (including phenoxy) is 4. The molecule has 1 aliphatic carbocycles. The lowest BCUT2D eigenvalue weighted by molar-refractivity contribution is -0.137. The van der Waals surface area contributed by atoms with Crippen molar-refractivity contribution in [1.29, 1.82) is 0 Å². The lowest BCUT2D eigenvalue weighted by Gasteiger charge is -2.19. The first-order valence-corrected chi connectivity index (χ1v) is 13.7. The van der Waals surface area contributed by atoms with Crippen molar-refractivity contribution in [2.45, 2.75) is 24.8 Å². The van der Waals surface area contributed by atoms with Gasteiger partial charge in [-0.1, -0.05) is 48.5 Å². The summed E-state index contributed by atoms with van der Waals surface area (Å²) < 4.78 is 75.9. The molecule has 0 unspecified atom stereocenters. The smallest absolute Gasteiger partial charge is 0.407 e. The summed E-state index contributed by atoms with van der Waals surface area (Å²) in [4.78, 5) is 38.1. The highest BCUT2D eigenvalue weighted by Gasteiger charge is 2.32. The number of carbonyl (C=O) groups excluding carboxylic acids is 3. The SMILES string of the molecule is COCCOCCNC(=O)CC[C@H](NC(=O)OCC1c2ccccc2-c2ccccc21)C(=O)Oc1c(F)c(F)cc(F)c1F. The minimum absolute atomic E-state index is 0.0439. The molecule has 0 radical (unpaired) electrons. The summed E-state index contributed by atoms with van der Waals surface area (Å²) in [6.07, 6.45) is -1.84. The van der Waals surface area contributed by atoms with Gasteiger partial charge in [-0.3, -0.25) is 4.79 Å². The Morgan fingerprint density at radius 3 is 2.09 bits per heavy atom. The maximum atomic E-state index is 14.2. The number of benzene rings is 3. The van der Waals surface area contributed by atoms with Crippen molar-refractivity contribution in [3.8, 4) is 16.9 Å². The van der Waals surface area contributed by atoms with Crippen LogP contribution in [0.1, 0.15) is 29.9 Å². The molecule has 4 rings (SSSR count). The summed E-state index contributed by atoms with van der Waals surface area (Å²) in [5, 5.41) is 4.79. The highest BCUT2D eigenvalue weighted by atomic mass is 19.2. The highest BCUT2D eigenvalue weighted by molar-refractivity contribution is 5.84. The van der Waals surface area contributed by atoms with Crippen molar-refractivity contribution in [3.63, 3.8) is 0 Å². The normalized spacial score (nSPS) is 12.7. The minimum atomic E-state index is -1.94. The van der Waals surface area contributed by atoms with E-state index in [9.17, 15) is 31.9 Å². The molecule has 0 aromatic heterocycles. The minimum Gasteiger partial charge on any atom is -0.449 e. The first-order valence-electron chi connectivity index (χ1n) is 13.7. The van der Waals surface area contributed by atoms with Gasteiger partial charge in [0.1, 0.15) is 12.6 Å². The van der Waals surface area contributed by atoms with Gasteiger partial charge in [0.05, 0.1) is 19.8 Å². The molecule has 3 aromatic carbocycles. The average Bonchev–Trinajstić information content (AvgIpc) is 3.34. The van der Waals surface area contributed by atoms with E-state index >= 15 is 0 Å². The first kappa shape index (κ1) is 32.4.